The van der Waals surface area contributed by atoms with Gasteiger partial charge in [0.1, 0.15) is 6.10 Å². The van der Waals surface area contributed by atoms with E-state index in [1.165, 1.54) is 57.4 Å². The molecular weight excluding hydrogens is 336 g/mol. The number of carbonyl (C=O) groups is 1. The van der Waals surface area contributed by atoms with Crippen molar-refractivity contribution in [2.45, 2.75) is 89.6 Å². The lowest BCUT2D eigenvalue weighted by Gasteiger charge is -2.08. The monoisotopic (exact) mass is 372 g/mol. The molecule has 0 rings (SSSR count). The van der Waals surface area contributed by atoms with Gasteiger partial charge in [0.05, 0.1) is 6.61 Å². The van der Waals surface area contributed by atoms with Gasteiger partial charge in [0.2, 0.25) is 0 Å². The zero-order chi connectivity index (χ0) is 19.3. The highest BCUT2D eigenvalue weighted by Crippen LogP contribution is 2.14. The highest BCUT2D eigenvalue weighted by Gasteiger charge is 2.03. The summed E-state index contributed by atoms with van der Waals surface area (Å²) in [5.74, 6) is -0.996. The fourth-order valence-electron chi connectivity index (χ4n) is 2.79. The first-order valence-electron chi connectivity index (χ1n) is 9.85. The largest absolute Gasteiger partial charge is 0.478 e. The maximum atomic E-state index is 10.3. The number of rotatable bonds is 19. The second kappa shape index (κ2) is 20.1. The smallest absolute Gasteiger partial charge is 0.328 e. The van der Waals surface area contributed by atoms with Gasteiger partial charge in [0.15, 0.2) is 0 Å². The average Bonchev–Trinajstić information content (AvgIpc) is 2.63. The molecule has 0 saturated carbocycles. The van der Waals surface area contributed by atoms with E-state index in [9.17, 15) is 4.79 Å². The molecule has 3 N–H and O–H groups in total. The van der Waals surface area contributed by atoms with Crippen molar-refractivity contribution >= 4 is 5.97 Å². The van der Waals surface area contributed by atoms with Crippen molar-refractivity contribution in [3.8, 4) is 0 Å². The van der Waals surface area contributed by atoms with Gasteiger partial charge < -0.3 is 5.11 Å². The molecule has 0 bridgehead atoms. The molecule has 6 nitrogen and oxygen atoms in total. The molecule has 0 radical (unpaired) electrons. The van der Waals surface area contributed by atoms with Crippen molar-refractivity contribution in [1.82, 2.24) is 0 Å². The van der Waals surface area contributed by atoms with Crippen LogP contribution >= 0.6 is 0 Å². The summed E-state index contributed by atoms with van der Waals surface area (Å²) in [6, 6.07) is 0. The van der Waals surface area contributed by atoms with E-state index >= 15 is 0 Å². The predicted molar refractivity (Wildman–Crippen MR) is 102 cm³/mol. The van der Waals surface area contributed by atoms with Crippen LogP contribution in [0.3, 0.4) is 0 Å². The standard InChI is InChI=1S/C20H36O6/c21-20(22)17-13-12-16-19(26-24)15-11-9-7-5-3-1-2-4-6-8-10-14-18-25-23/h12-13,16-17,19,23-24H,1-11,14-15,18H2,(H,21,22). The highest BCUT2D eigenvalue weighted by atomic mass is 17.1. The van der Waals surface area contributed by atoms with E-state index in [0.717, 1.165) is 38.2 Å². The topological polar surface area (TPSA) is 96.2 Å². The van der Waals surface area contributed by atoms with Crippen LogP contribution in [0.5, 0.6) is 0 Å². The maximum absolute atomic E-state index is 10.3. The molecule has 6 heteroatoms. The number of carboxylic acids is 1. The van der Waals surface area contributed by atoms with Gasteiger partial charge in [0.25, 0.3) is 0 Å². The van der Waals surface area contributed by atoms with Gasteiger partial charge in [-0.05, 0) is 12.8 Å². The van der Waals surface area contributed by atoms with Crippen molar-refractivity contribution in [2.24, 2.45) is 0 Å². The molecule has 0 amide bonds. The Morgan fingerprint density at radius 3 is 1.73 bits per heavy atom. The van der Waals surface area contributed by atoms with Gasteiger partial charge in [0, 0.05) is 6.08 Å². The fourth-order valence-corrected chi connectivity index (χ4v) is 2.79. The zero-order valence-corrected chi connectivity index (χ0v) is 15.9. The summed E-state index contributed by atoms with van der Waals surface area (Å²) in [4.78, 5) is 18.7. The molecule has 1 atom stereocenters. The highest BCUT2D eigenvalue weighted by molar-refractivity contribution is 5.80. The third-order valence-electron chi connectivity index (χ3n) is 4.29. The van der Waals surface area contributed by atoms with Crippen LogP contribution in [-0.4, -0.2) is 34.3 Å². The Kier molecular flexibility index (Phi) is 19.2. The maximum Gasteiger partial charge on any atom is 0.328 e. The summed E-state index contributed by atoms with van der Waals surface area (Å²) in [6.07, 6.45) is 20.3. The Morgan fingerprint density at radius 1 is 0.769 bits per heavy atom. The van der Waals surface area contributed by atoms with Crippen molar-refractivity contribution in [2.75, 3.05) is 6.61 Å². The molecule has 0 spiro atoms. The van der Waals surface area contributed by atoms with Crippen LogP contribution in [0, 0.1) is 0 Å². The van der Waals surface area contributed by atoms with E-state index in [-0.39, 0.29) is 6.10 Å². The molecule has 0 heterocycles. The van der Waals surface area contributed by atoms with Crippen LogP contribution in [0.1, 0.15) is 83.5 Å². The van der Waals surface area contributed by atoms with Gasteiger partial charge in [-0.15, -0.1) is 0 Å². The number of hydrogen-bond acceptors (Lipinski definition) is 5. The summed E-state index contributed by atoms with van der Waals surface area (Å²) >= 11 is 0. The van der Waals surface area contributed by atoms with Gasteiger partial charge in [-0.1, -0.05) is 88.9 Å². The first kappa shape index (κ1) is 24.8. The third kappa shape index (κ3) is 19.1. The Hall–Kier alpha value is -1.21. The number of unbranched alkanes of at least 4 members (excludes halogenated alkanes) is 11. The van der Waals surface area contributed by atoms with Gasteiger partial charge in [-0.25, -0.2) is 14.6 Å². The average molecular weight is 373 g/mol. The van der Waals surface area contributed by atoms with Crippen molar-refractivity contribution < 1.29 is 30.2 Å². The Balaban J connectivity index is 3.37. The molecule has 0 aliphatic heterocycles. The molecule has 0 aromatic rings. The zero-order valence-electron chi connectivity index (χ0n) is 15.9. The first-order chi connectivity index (χ1) is 12.7. The van der Waals surface area contributed by atoms with Crippen LogP contribution in [-0.2, 0) is 14.6 Å². The summed E-state index contributed by atoms with van der Waals surface area (Å²) in [7, 11) is 0. The lowest BCUT2D eigenvalue weighted by molar-refractivity contribution is -0.267. The quantitative estimate of drug-likeness (QED) is 0.0897. The van der Waals surface area contributed by atoms with Gasteiger partial charge in [-0.2, -0.15) is 0 Å². The summed E-state index contributed by atoms with van der Waals surface area (Å²) in [6.45, 7) is 0.448. The Morgan fingerprint density at radius 2 is 1.27 bits per heavy atom. The second-order valence-electron chi connectivity index (χ2n) is 6.59. The number of carboxylic acid groups (broad SMARTS) is 1. The minimum Gasteiger partial charge on any atom is -0.478 e. The lowest BCUT2D eigenvalue weighted by Crippen LogP contribution is -2.06. The van der Waals surface area contributed by atoms with E-state index in [2.05, 4.69) is 9.78 Å². The SMILES string of the molecule is O=C(O)C=CC=CC(CCCCCCCCCCCCCCOO)OO. The number of allylic oxidation sites excluding steroid dienone is 2. The van der Waals surface area contributed by atoms with E-state index in [1.807, 2.05) is 0 Å². The lowest BCUT2D eigenvalue weighted by atomic mass is 10.0. The van der Waals surface area contributed by atoms with Crippen molar-refractivity contribution in [3.05, 3.63) is 24.3 Å². The molecule has 0 saturated heterocycles. The second-order valence-corrected chi connectivity index (χ2v) is 6.59. The molecule has 26 heavy (non-hydrogen) atoms. The molecule has 0 aliphatic carbocycles. The first-order valence-corrected chi connectivity index (χ1v) is 9.85. The summed E-state index contributed by atoms with van der Waals surface area (Å²) in [5, 5.41) is 25.5. The Bertz CT molecular complexity index is 367. The number of hydrogen-bond donors (Lipinski definition) is 3. The molecule has 0 aromatic carbocycles. The number of aliphatic carboxylic acids is 1. The van der Waals surface area contributed by atoms with Crippen molar-refractivity contribution in [1.29, 1.82) is 0 Å². The van der Waals surface area contributed by atoms with Crippen molar-refractivity contribution in [3.63, 3.8) is 0 Å². The third-order valence-corrected chi connectivity index (χ3v) is 4.29. The van der Waals surface area contributed by atoms with Crippen LogP contribution < -0.4 is 0 Å². The molecule has 1 unspecified atom stereocenters. The van der Waals surface area contributed by atoms with Crippen LogP contribution in [0.4, 0.5) is 0 Å². The van der Waals surface area contributed by atoms with E-state index in [4.69, 9.17) is 15.6 Å². The molecule has 152 valence electrons. The minimum absolute atomic E-state index is 0.377. The molecule has 0 aromatic heterocycles. The van der Waals surface area contributed by atoms with Crippen LogP contribution in [0.2, 0.25) is 0 Å². The van der Waals surface area contributed by atoms with E-state index < -0.39 is 5.97 Å². The summed E-state index contributed by atoms with van der Waals surface area (Å²) in [5.41, 5.74) is 0. The van der Waals surface area contributed by atoms with Gasteiger partial charge >= 0.3 is 5.97 Å². The fraction of sp³-hybridized carbons (Fsp3) is 0.750. The Labute approximate surface area is 157 Å². The van der Waals surface area contributed by atoms with Gasteiger partial charge in [-0.3, -0.25) is 10.5 Å². The molecule has 0 aliphatic rings. The summed E-state index contributed by atoms with van der Waals surface area (Å²) < 4.78 is 0. The molecule has 0 fully saturated rings. The van der Waals surface area contributed by atoms with E-state index in [1.54, 1.807) is 12.2 Å². The van der Waals surface area contributed by atoms with Crippen LogP contribution in [0.15, 0.2) is 24.3 Å². The van der Waals surface area contributed by atoms with E-state index in [0.29, 0.717) is 6.61 Å². The minimum atomic E-state index is -0.996. The predicted octanol–water partition coefficient (Wildman–Crippen LogP) is 5.60. The molecular formula is C20H36O6. The van der Waals surface area contributed by atoms with Crippen LogP contribution in [0.25, 0.3) is 0 Å². The normalized spacial score (nSPS) is 13.0.